The number of nitrogens with one attached hydrogen (secondary N) is 2. The summed E-state index contributed by atoms with van der Waals surface area (Å²) in [5.41, 5.74) is -0.976. The quantitative estimate of drug-likeness (QED) is 0.0756. The van der Waals surface area contributed by atoms with Crippen LogP contribution in [0.3, 0.4) is 0 Å². The molecule has 12 nitrogen and oxygen atoms in total. The van der Waals surface area contributed by atoms with E-state index >= 15 is 0 Å². The Kier molecular flexibility index (Phi) is 29.4. The third-order valence-corrected chi connectivity index (χ3v) is 8.40. The van der Waals surface area contributed by atoms with Gasteiger partial charge >= 0.3 is 12.2 Å². The summed E-state index contributed by atoms with van der Waals surface area (Å²) < 4.78 is 31.6. The summed E-state index contributed by atoms with van der Waals surface area (Å²) in [7, 11) is -0.744. The van der Waals surface area contributed by atoms with E-state index in [9.17, 15) is 9.59 Å². The molecule has 0 aliphatic rings. The van der Waals surface area contributed by atoms with Gasteiger partial charge in [0.15, 0.2) is 0 Å². The van der Waals surface area contributed by atoms with Crippen LogP contribution in [0.2, 0.25) is 0 Å². The second kappa shape index (κ2) is 27.6. The number of rotatable bonds is 18. The number of hydrogen-bond donors (Lipinski definition) is 3. The number of ether oxygens (including phenoxy) is 2. The van der Waals surface area contributed by atoms with Gasteiger partial charge in [-0.3, -0.25) is 4.67 Å². The Balaban J connectivity index is -0.000000673. The number of nitrogens with zero attached hydrogens (tertiary/aromatic N) is 2. The second-order valence-corrected chi connectivity index (χ2v) is 15.5. The van der Waals surface area contributed by atoms with Crippen LogP contribution in [-0.2, 0) is 23.0 Å². The Morgan fingerprint density at radius 1 is 0.761 bits per heavy atom. The highest BCUT2D eigenvalue weighted by Gasteiger charge is 2.27. The summed E-state index contributed by atoms with van der Waals surface area (Å²) in [6, 6.07) is 1.69. The predicted molar refractivity (Wildman–Crippen MR) is 193 cm³/mol. The lowest BCUT2D eigenvalue weighted by molar-refractivity contribution is 0.0507. The molecule has 0 heterocycles. The summed E-state index contributed by atoms with van der Waals surface area (Å²) in [4.78, 5) is 22.4. The van der Waals surface area contributed by atoms with Crippen LogP contribution in [0, 0.1) is 0 Å². The number of carbonyl (C=O) groups is 2. The van der Waals surface area contributed by atoms with E-state index < -0.39 is 31.9 Å². The van der Waals surface area contributed by atoms with Crippen molar-refractivity contribution >= 4 is 29.7 Å². The summed E-state index contributed by atoms with van der Waals surface area (Å²) in [5, 5.41) is 13.4. The van der Waals surface area contributed by atoms with Gasteiger partial charge in [-0.1, -0.05) is 12.2 Å². The Hall–Kier alpha value is -1.36. The Labute approximate surface area is 284 Å². The highest BCUT2D eigenvalue weighted by Crippen LogP contribution is 2.45. The van der Waals surface area contributed by atoms with E-state index in [-0.39, 0.29) is 13.2 Å². The standard InChI is InChI=1S/C16H33N2O4P.C9H20NOP.C7H15NO3/c1-9-11-20-23(18(13(2)3)14(4)5)21-12-10-17-15(19)22-16(6,7)8;1-6-7-11-12-10(8(2)3)9(4)5;1-7(2,3)11-6(10)8-4-5-9/h9,13-14H,1,10-12H2,2-8H3,(H,17,19);6,8-9,12H,1,7H2,2-5H3;9H,4-5H2,1-3H3,(H,8,10). The van der Waals surface area contributed by atoms with E-state index in [1.807, 2.05) is 20.8 Å². The van der Waals surface area contributed by atoms with Gasteiger partial charge in [0.05, 0.1) is 35.4 Å². The molecule has 0 rings (SSSR count). The van der Waals surface area contributed by atoms with Crippen LogP contribution in [0.25, 0.3) is 0 Å². The molecule has 0 saturated carbocycles. The average molecular weight is 699 g/mol. The monoisotopic (exact) mass is 698 g/mol. The van der Waals surface area contributed by atoms with Crippen molar-refractivity contribution in [3.05, 3.63) is 25.3 Å². The van der Waals surface area contributed by atoms with Crippen molar-refractivity contribution in [2.24, 2.45) is 0 Å². The second-order valence-electron chi connectivity index (χ2n) is 13.1. The van der Waals surface area contributed by atoms with E-state index in [4.69, 9.17) is 28.2 Å². The van der Waals surface area contributed by atoms with Crippen LogP contribution in [0.1, 0.15) is 96.9 Å². The molecular weight excluding hydrogens is 630 g/mol. The van der Waals surface area contributed by atoms with Crippen molar-refractivity contribution in [2.45, 2.75) is 132 Å². The molecule has 0 fully saturated rings. The fourth-order valence-electron chi connectivity index (χ4n) is 3.30. The summed E-state index contributed by atoms with van der Waals surface area (Å²) >= 11 is 0. The fraction of sp³-hybridized carbons (Fsp3) is 0.812. The normalized spacial score (nSPS) is 12.6. The van der Waals surface area contributed by atoms with Gasteiger partial charge in [-0.2, -0.15) is 0 Å². The summed E-state index contributed by atoms with van der Waals surface area (Å²) in [6.07, 6.45) is 2.55. The van der Waals surface area contributed by atoms with Crippen molar-refractivity contribution in [3.63, 3.8) is 0 Å². The number of hydrogen-bond acceptors (Lipinski definition) is 10. The molecule has 0 aromatic heterocycles. The lowest BCUT2D eigenvalue weighted by Gasteiger charge is -2.35. The zero-order valence-corrected chi connectivity index (χ0v) is 33.2. The van der Waals surface area contributed by atoms with Gasteiger partial charge in [0, 0.05) is 37.3 Å². The maximum atomic E-state index is 11.6. The highest BCUT2D eigenvalue weighted by molar-refractivity contribution is 7.44. The molecule has 0 radical (unpaired) electrons. The highest BCUT2D eigenvalue weighted by atomic mass is 31.2. The van der Waals surface area contributed by atoms with Gasteiger partial charge in [-0.25, -0.2) is 14.3 Å². The van der Waals surface area contributed by atoms with Gasteiger partial charge < -0.3 is 38.8 Å². The van der Waals surface area contributed by atoms with Gasteiger partial charge in [0.1, 0.15) is 11.2 Å². The molecular formula is C32H68N4O8P2. The van der Waals surface area contributed by atoms with Gasteiger partial charge in [0.2, 0.25) is 0 Å². The maximum absolute atomic E-state index is 11.6. The molecule has 2 unspecified atom stereocenters. The minimum Gasteiger partial charge on any atom is -0.444 e. The topological polar surface area (TPSA) is 131 Å². The predicted octanol–water partition coefficient (Wildman–Crippen LogP) is 7.40. The lowest BCUT2D eigenvalue weighted by Crippen LogP contribution is -2.36. The Bertz CT molecular complexity index is 788. The van der Waals surface area contributed by atoms with Crippen LogP contribution in [0.5, 0.6) is 0 Å². The largest absolute Gasteiger partial charge is 0.444 e. The Morgan fingerprint density at radius 3 is 1.54 bits per heavy atom. The molecule has 2 amide bonds. The van der Waals surface area contributed by atoms with Crippen LogP contribution in [0.4, 0.5) is 9.59 Å². The summed E-state index contributed by atoms with van der Waals surface area (Å²) in [5.74, 6) is 0. The molecule has 274 valence electrons. The van der Waals surface area contributed by atoms with Crippen LogP contribution in [0.15, 0.2) is 25.3 Å². The lowest BCUT2D eigenvalue weighted by atomic mass is 10.2. The molecule has 2 atom stereocenters. The maximum Gasteiger partial charge on any atom is 0.407 e. The molecule has 0 aromatic rings. The zero-order valence-electron chi connectivity index (χ0n) is 31.3. The zero-order chi connectivity index (χ0) is 36.5. The smallest absolute Gasteiger partial charge is 0.407 e. The molecule has 0 spiro atoms. The van der Waals surface area contributed by atoms with Crippen LogP contribution < -0.4 is 10.6 Å². The summed E-state index contributed by atoms with van der Waals surface area (Å²) in [6.45, 7) is 37.2. The van der Waals surface area contributed by atoms with Crippen molar-refractivity contribution in [1.82, 2.24) is 20.0 Å². The van der Waals surface area contributed by atoms with Gasteiger partial charge in [-0.05, 0) is 96.9 Å². The number of alkyl carbamates (subject to hydrolysis) is 2. The van der Waals surface area contributed by atoms with Crippen molar-refractivity contribution in [2.75, 3.05) is 39.5 Å². The van der Waals surface area contributed by atoms with E-state index in [0.29, 0.717) is 59.5 Å². The van der Waals surface area contributed by atoms with E-state index in [0.717, 1.165) is 0 Å². The number of aliphatic hydroxyl groups is 1. The minimum atomic E-state index is -1.20. The van der Waals surface area contributed by atoms with Crippen molar-refractivity contribution in [3.8, 4) is 0 Å². The molecule has 46 heavy (non-hydrogen) atoms. The molecule has 0 bridgehead atoms. The third-order valence-electron chi connectivity index (χ3n) is 4.79. The van der Waals surface area contributed by atoms with Gasteiger partial charge in [0.25, 0.3) is 8.53 Å². The van der Waals surface area contributed by atoms with E-state index in [2.05, 4.69) is 88.5 Å². The molecule has 0 aliphatic carbocycles. The van der Waals surface area contributed by atoms with Gasteiger partial charge in [-0.15, -0.1) is 13.2 Å². The first-order valence-electron chi connectivity index (χ1n) is 15.9. The molecule has 3 N–H and O–H groups in total. The molecule has 0 aromatic carbocycles. The first-order valence-corrected chi connectivity index (χ1v) is 17.9. The third kappa shape index (κ3) is 31.3. The molecule has 0 aliphatic heterocycles. The van der Waals surface area contributed by atoms with Crippen LogP contribution in [-0.4, -0.2) is 102 Å². The number of aliphatic hydroxyl groups excluding tert-OH is 1. The first-order chi connectivity index (χ1) is 21.1. The first kappa shape index (κ1) is 49.0. The number of carbonyl (C=O) groups excluding carboxylic acids is 2. The van der Waals surface area contributed by atoms with E-state index in [1.54, 1.807) is 32.9 Å². The number of amides is 2. The van der Waals surface area contributed by atoms with Crippen molar-refractivity contribution in [1.29, 1.82) is 0 Å². The minimum absolute atomic E-state index is 0.0702. The Morgan fingerprint density at radius 2 is 1.20 bits per heavy atom. The SMILES string of the molecule is C=CCOP(OCCNC(=O)OC(C)(C)C)N(C(C)C)C(C)C.C=CCOPN(C(C)C)C(C)C.CC(C)(C)OC(=O)NCCO. The van der Waals surface area contributed by atoms with E-state index in [1.165, 1.54) is 0 Å². The molecule has 14 heteroatoms. The average Bonchev–Trinajstić information content (AvgIpc) is 2.88. The van der Waals surface area contributed by atoms with Crippen molar-refractivity contribution < 1.29 is 37.7 Å². The van der Waals surface area contributed by atoms with Crippen LogP contribution >= 0.6 is 17.5 Å². The fourth-order valence-corrected chi connectivity index (χ4v) is 5.64. The molecule has 0 saturated heterocycles.